The molecule has 0 radical (unpaired) electrons. The number of benzene rings is 1. The van der Waals surface area contributed by atoms with Crippen LogP contribution in [0.4, 0.5) is 0 Å². The van der Waals surface area contributed by atoms with Crippen molar-refractivity contribution >= 4 is 27.3 Å². The first-order valence-corrected chi connectivity index (χ1v) is 9.58. The molecule has 0 aliphatic rings. The lowest BCUT2D eigenvalue weighted by Gasteiger charge is -2.20. The third-order valence-electron chi connectivity index (χ3n) is 4.44. The highest BCUT2D eigenvalue weighted by Gasteiger charge is 2.21. The van der Waals surface area contributed by atoms with Crippen LogP contribution >= 0.6 is 15.9 Å². The highest BCUT2D eigenvalue weighted by atomic mass is 79.9. The minimum absolute atomic E-state index is 0.0532. The summed E-state index contributed by atoms with van der Waals surface area (Å²) in [5.74, 6) is 6.84. The number of allylic oxidation sites excluding steroid dienone is 5. The van der Waals surface area contributed by atoms with Gasteiger partial charge in [-0.2, -0.15) is 5.26 Å². The van der Waals surface area contributed by atoms with Crippen molar-refractivity contribution in [2.24, 2.45) is 18.6 Å². The molecule has 0 bridgehead atoms. The van der Waals surface area contributed by atoms with Gasteiger partial charge in [0, 0.05) is 12.6 Å². The van der Waals surface area contributed by atoms with E-state index in [2.05, 4.69) is 29.1 Å². The molecule has 0 unspecified atom stereocenters. The quantitative estimate of drug-likeness (QED) is 0.265. The van der Waals surface area contributed by atoms with E-state index in [0.29, 0.717) is 27.2 Å². The van der Waals surface area contributed by atoms with Crippen LogP contribution in [0.3, 0.4) is 0 Å². The van der Waals surface area contributed by atoms with Crippen LogP contribution in [-0.2, 0) is 13.6 Å². The highest BCUT2D eigenvalue weighted by Crippen LogP contribution is 2.22. The van der Waals surface area contributed by atoms with Crippen molar-refractivity contribution in [1.82, 2.24) is 14.4 Å². The fourth-order valence-electron chi connectivity index (χ4n) is 2.85. The van der Waals surface area contributed by atoms with Crippen molar-refractivity contribution in [1.29, 1.82) is 5.26 Å². The van der Waals surface area contributed by atoms with E-state index in [1.165, 1.54) is 9.69 Å². The lowest BCUT2D eigenvalue weighted by molar-refractivity contribution is 0.351. The van der Waals surface area contributed by atoms with E-state index in [-0.39, 0.29) is 23.5 Å². The number of hydrogen-bond donors (Lipinski definition) is 2. The standard InChI is InChI=1S/C21H23BrN6O2/c1-5-7-15(6-2)28-21(29)19(22)18(26(28)3)13-27(25)17(12-23)20(24)14-8-10-16(30-4)11-9-14/h5-11H,1-2,13,24-25H2,3-4H3/b15-7+,20-17-. The summed E-state index contributed by atoms with van der Waals surface area (Å²) in [5, 5.41) is 10.9. The van der Waals surface area contributed by atoms with Crippen LogP contribution in [0.15, 0.2) is 70.6 Å². The number of nitrogens with zero attached hydrogens (tertiary/aromatic N) is 4. The van der Waals surface area contributed by atoms with Gasteiger partial charge in [0.15, 0.2) is 5.70 Å². The zero-order valence-electron chi connectivity index (χ0n) is 16.8. The summed E-state index contributed by atoms with van der Waals surface area (Å²) < 4.78 is 8.50. The van der Waals surface area contributed by atoms with E-state index in [4.69, 9.17) is 16.3 Å². The monoisotopic (exact) mass is 470 g/mol. The molecule has 1 aromatic carbocycles. The smallest absolute Gasteiger partial charge is 0.286 e. The predicted molar refractivity (Wildman–Crippen MR) is 121 cm³/mol. The highest BCUT2D eigenvalue weighted by molar-refractivity contribution is 9.10. The molecular weight excluding hydrogens is 448 g/mol. The SMILES string of the molecule is C=C/C=C(\C=C)n1c(=O)c(Br)c(CN(N)/C(C#N)=C(\N)c2ccc(OC)cc2)n1C. The van der Waals surface area contributed by atoms with Crippen molar-refractivity contribution in [2.75, 3.05) is 7.11 Å². The van der Waals surface area contributed by atoms with E-state index >= 15 is 0 Å². The first-order chi connectivity index (χ1) is 14.3. The van der Waals surface area contributed by atoms with Crippen LogP contribution < -0.4 is 21.9 Å². The Kier molecular flexibility index (Phi) is 7.47. The molecule has 1 aromatic heterocycles. The summed E-state index contributed by atoms with van der Waals surface area (Å²) in [6.07, 6.45) is 4.76. The number of methoxy groups -OCH3 is 1. The van der Waals surface area contributed by atoms with Gasteiger partial charge < -0.3 is 10.5 Å². The average molecular weight is 471 g/mol. The minimum atomic E-state index is -0.292. The molecule has 8 nitrogen and oxygen atoms in total. The number of hydrogen-bond acceptors (Lipinski definition) is 6. The molecule has 4 N–H and O–H groups in total. The van der Waals surface area contributed by atoms with Crippen molar-refractivity contribution in [3.8, 4) is 11.8 Å². The second kappa shape index (κ2) is 9.82. The summed E-state index contributed by atoms with van der Waals surface area (Å²) in [6, 6.07) is 8.98. The molecule has 30 heavy (non-hydrogen) atoms. The maximum absolute atomic E-state index is 12.7. The normalized spacial score (nSPS) is 12.0. The molecule has 0 saturated carbocycles. The molecule has 1 heterocycles. The Morgan fingerprint density at radius 3 is 2.50 bits per heavy atom. The summed E-state index contributed by atoms with van der Waals surface area (Å²) in [4.78, 5) is 12.7. The number of hydrazine groups is 1. The molecule has 0 aliphatic carbocycles. The van der Waals surface area contributed by atoms with Gasteiger partial charge in [-0.15, -0.1) is 0 Å². The summed E-state index contributed by atoms with van der Waals surface area (Å²) >= 11 is 3.33. The summed E-state index contributed by atoms with van der Waals surface area (Å²) in [7, 11) is 3.27. The first-order valence-electron chi connectivity index (χ1n) is 8.79. The summed E-state index contributed by atoms with van der Waals surface area (Å²) in [6.45, 7) is 7.44. The first kappa shape index (κ1) is 22.8. The largest absolute Gasteiger partial charge is 0.497 e. The molecule has 0 saturated heterocycles. The molecule has 156 valence electrons. The Morgan fingerprint density at radius 1 is 1.37 bits per heavy atom. The van der Waals surface area contributed by atoms with Crippen molar-refractivity contribution in [2.45, 2.75) is 6.54 Å². The van der Waals surface area contributed by atoms with Crippen molar-refractivity contribution < 1.29 is 4.74 Å². The lowest BCUT2D eigenvalue weighted by Crippen LogP contribution is -2.32. The predicted octanol–water partition coefficient (Wildman–Crippen LogP) is 2.70. The van der Waals surface area contributed by atoms with Crippen LogP contribution in [0.1, 0.15) is 11.3 Å². The molecule has 2 aromatic rings. The maximum atomic E-state index is 12.7. The molecule has 0 fully saturated rings. The topological polar surface area (TPSA) is 115 Å². The van der Waals surface area contributed by atoms with E-state index in [9.17, 15) is 10.1 Å². The van der Waals surface area contributed by atoms with Crippen LogP contribution in [-0.4, -0.2) is 21.5 Å². The van der Waals surface area contributed by atoms with E-state index < -0.39 is 0 Å². The zero-order chi connectivity index (χ0) is 22.4. The van der Waals surface area contributed by atoms with E-state index in [1.54, 1.807) is 61.3 Å². The third kappa shape index (κ3) is 4.40. The van der Waals surface area contributed by atoms with Gasteiger partial charge in [-0.1, -0.05) is 19.2 Å². The Labute approximate surface area is 183 Å². The Balaban J connectivity index is 2.47. The number of ether oxygens (including phenoxy) is 1. The fourth-order valence-corrected chi connectivity index (χ4v) is 3.40. The Morgan fingerprint density at radius 2 is 2.00 bits per heavy atom. The number of rotatable bonds is 8. The zero-order valence-corrected chi connectivity index (χ0v) is 18.4. The second-order valence-corrected chi connectivity index (χ2v) is 6.96. The number of aromatic nitrogens is 2. The van der Waals surface area contributed by atoms with E-state index in [1.807, 2.05) is 6.07 Å². The molecule has 0 amide bonds. The third-order valence-corrected chi connectivity index (χ3v) is 5.23. The Bertz CT molecular complexity index is 1120. The molecule has 0 atom stereocenters. The van der Waals surface area contributed by atoms with Gasteiger partial charge in [-0.3, -0.25) is 14.5 Å². The number of halogens is 1. The number of nitriles is 1. The minimum Gasteiger partial charge on any atom is -0.497 e. The summed E-state index contributed by atoms with van der Waals surface area (Å²) in [5.41, 5.74) is 7.89. The van der Waals surface area contributed by atoms with Gasteiger partial charge in [-0.25, -0.2) is 10.5 Å². The fraction of sp³-hybridized carbons (Fsp3) is 0.143. The van der Waals surface area contributed by atoms with E-state index in [0.717, 1.165) is 0 Å². The van der Waals surface area contributed by atoms with Gasteiger partial charge in [0.05, 0.1) is 30.7 Å². The number of nitrogens with two attached hydrogens (primary N) is 2. The second-order valence-electron chi connectivity index (χ2n) is 6.16. The van der Waals surface area contributed by atoms with Gasteiger partial charge >= 0.3 is 0 Å². The molecule has 0 aliphatic heterocycles. The van der Waals surface area contributed by atoms with Crippen molar-refractivity contribution in [3.63, 3.8) is 0 Å². The van der Waals surface area contributed by atoms with Gasteiger partial charge in [-0.05, 0) is 52.3 Å². The lowest BCUT2D eigenvalue weighted by atomic mass is 10.1. The van der Waals surface area contributed by atoms with Gasteiger partial charge in [0.2, 0.25) is 0 Å². The molecular formula is C21H23BrN6O2. The van der Waals surface area contributed by atoms with Crippen LogP contribution in [0.25, 0.3) is 11.4 Å². The average Bonchev–Trinajstić information content (AvgIpc) is 2.96. The maximum Gasteiger partial charge on any atom is 0.286 e. The van der Waals surface area contributed by atoms with Gasteiger partial charge in [0.25, 0.3) is 5.56 Å². The van der Waals surface area contributed by atoms with Crippen molar-refractivity contribution in [3.05, 3.63) is 87.4 Å². The van der Waals surface area contributed by atoms with Crippen LogP contribution in [0.2, 0.25) is 0 Å². The van der Waals surface area contributed by atoms with Gasteiger partial charge in [0.1, 0.15) is 16.3 Å². The molecule has 2 rings (SSSR count). The van der Waals surface area contributed by atoms with Crippen LogP contribution in [0, 0.1) is 11.3 Å². The van der Waals surface area contributed by atoms with Crippen LogP contribution in [0.5, 0.6) is 5.75 Å². The molecule has 0 spiro atoms. The Hall–Kier alpha value is -3.48. The molecule has 9 heteroatoms.